The van der Waals surface area contributed by atoms with Gasteiger partial charge in [-0.3, -0.25) is 0 Å². The Balaban J connectivity index is 0.000000195. The molecule has 1 aromatic heterocycles. The van der Waals surface area contributed by atoms with E-state index in [2.05, 4.69) is 82.9 Å². The fourth-order valence-corrected chi connectivity index (χ4v) is 5.96. The molecule has 5 rings (SSSR count). The number of aromatic nitrogens is 1. The molecule has 35 heavy (non-hydrogen) atoms. The summed E-state index contributed by atoms with van der Waals surface area (Å²) in [5.41, 5.74) is 3.37. The summed E-state index contributed by atoms with van der Waals surface area (Å²) in [7, 11) is 0. The summed E-state index contributed by atoms with van der Waals surface area (Å²) >= 11 is 0. The summed E-state index contributed by atoms with van der Waals surface area (Å²) < 4.78 is 0. The number of rotatable bonds is 2. The van der Waals surface area contributed by atoms with Gasteiger partial charge in [0.25, 0.3) is 0 Å². The Morgan fingerprint density at radius 2 is 1.69 bits per heavy atom. The fourth-order valence-electron chi connectivity index (χ4n) is 5.96. The van der Waals surface area contributed by atoms with Gasteiger partial charge in [0.1, 0.15) is 0 Å². The van der Waals surface area contributed by atoms with Crippen molar-refractivity contribution in [1.29, 1.82) is 0 Å². The van der Waals surface area contributed by atoms with Gasteiger partial charge in [-0.1, -0.05) is 59.7 Å². The molecular formula is C31H40IrNO2-. The van der Waals surface area contributed by atoms with E-state index in [9.17, 15) is 10.2 Å². The van der Waals surface area contributed by atoms with Crippen LogP contribution in [0.15, 0.2) is 54.7 Å². The Morgan fingerprint density at radius 3 is 2.34 bits per heavy atom. The average molecular weight is 651 g/mol. The first-order chi connectivity index (χ1) is 16.0. The van der Waals surface area contributed by atoms with E-state index in [1.54, 1.807) is 0 Å². The summed E-state index contributed by atoms with van der Waals surface area (Å²) in [4.78, 5) is 4.55. The first kappa shape index (κ1) is 28.0. The topological polar surface area (TPSA) is 53.4 Å². The second kappa shape index (κ2) is 10.8. The van der Waals surface area contributed by atoms with Crippen LogP contribution < -0.4 is 0 Å². The molecule has 3 aromatic rings. The van der Waals surface area contributed by atoms with Crippen LogP contribution in [-0.4, -0.2) is 27.4 Å². The van der Waals surface area contributed by atoms with Crippen LogP contribution in [0.2, 0.25) is 0 Å². The minimum absolute atomic E-state index is 0. The molecule has 0 saturated heterocycles. The van der Waals surface area contributed by atoms with Gasteiger partial charge in [-0.05, 0) is 70.0 Å². The number of nitrogens with zero attached hydrogens (tertiary/aromatic N) is 1. The van der Waals surface area contributed by atoms with Crippen LogP contribution in [0.1, 0.15) is 72.3 Å². The molecule has 2 aliphatic rings. The van der Waals surface area contributed by atoms with Crippen molar-refractivity contribution >= 4 is 10.8 Å². The van der Waals surface area contributed by atoms with Gasteiger partial charge in [-0.2, -0.15) is 0 Å². The van der Waals surface area contributed by atoms with E-state index >= 15 is 0 Å². The van der Waals surface area contributed by atoms with E-state index in [0.29, 0.717) is 11.8 Å². The number of fused-ring (bicyclic) bond motifs is 2. The van der Waals surface area contributed by atoms with E-state index in [0.717, 1.165) is 30.5 Å². The third-order valence-electron chi connectivity index (χ3n) is 8.24. The number of aliphatic hydroxyl groups excluding tert-OH is 2. The summed E-state index contributed by atoms with van der Waals surface area (Å²) in [6.45, 7) is 12.9. The third kappa shape index (κ3) is 5.72. The van der Waals surface area contributed by atoms with Crippen LogP contribution in [0.3, 0.4) is 0 Å². The number of hydrogen-bond acceptors (Lipinski definition) is 3. The molecule has 2 saturated carbocycles. The monoisotopic (exact) mass is 651 g/mol. The van der Waals surface area contributed by atoms with Crippen LogP contribution in [0, 0.1) is 28.7 Å². The molecule has 4 atom stereocenters. The van der Waals surface area contributed by atoms with Gasteiger partial charge in [-0.15, -0.1) is 35.9 Å². The SMILES string of the molecule is CC(C)c1ccc2ccnc(-c3[c-]cccc3)c2c1.CC1(C)CCC2CC(C)(C)C(O)C2C1O.[Ir]. The molecule has 2 fully saturated rings. The predicted molar refractivity (Wildman–Crippen MR) is 141 cm³/mol. The normalized spacial score (nSPS) is 26.4. The molecule has 2 aliphatic carbocycles. The molecule has 1 radical (unpaired) electrons. The van der Waals surface area contributed by atoms with Crippen molar-refractivity contribution in [1.82, 2.24) is 4.98 Å². The number of hydrogen-bond donors (Lipinski definition) is 2. The predicted octanol–water partition coefficient (Wildman–Crippen LogP) is 7.01. The second-order valence-corrected chi connectivity index (χ2v) is 12.0. The molecule has 3 nitrogen and oxygen atoms in total. The molecule has 2 aromatic carbocycles. The Labute approximate surface area is 224 Å². The largest absolute Gasteiger partial charge is 0.392 e. The van der Waals surface area contributed by atoms with Crippen LogP contribution in [0.25, 0.3) is 22.0 Å². The van der Waals surface area contributed by atoms with E-state index in [-0.39, 0.29) is 49.1 Å². The van der Waals surface area contributed by atoms with Gasteiger partial charge in [0, 0.05) is 32.2 Å². The number of aliphatic hydroxyl groups is 2. The third-order valence-corrected chi connectivity index (χ3v) is 8.24. The minimum Gasteiger partial charge on any atom is -0.392 e. The van der Waals surface area contributed by atoms with Crippen molar-refractivity contribution in [3.8, 4) is 11.3 Å². The molecule has 191 valence electrons. The van der Waals surface area contributed by atoms with E-state index in [1.165, 1.54) is 16.3 Å². The molecule has 2 N–H and O–H groups in total. The molecule has 0 amide bonds. The maximum atomic E-state index is 10.3. The van der Waals surface area contributed by atoms with Crippen molar-refractivity contribution in [2.45, 2.75) is 78.9 Å². The van der Waals surface area contributed by atoms with Gasteiger partial charge in [0.15, 0.2) is 0 Å². The van der Waals surface area contributed by atoms with Crippen molar-refractivity contribution in [3.05, 3.63) is 66.4 Å². The Morgan fingerprint density at radius 1 is 0.971 bits per heavy atom. The number of benzene rings is 2. The summed E-state index contributed by atoms with van der Waals surface area (Å²) in [5, 5.41) is 23.1. The number of pyridine rings is 1. The van der Waals surface area contributed by atoms with Gasteiger partial charge in [-0.25, -0.2) is 0 Å². The van der Waals surface area contributed by atoms with Crippen molar-refractivity contribution in [3.63, 3.8) is 0 Å². The quantitative estimate of drug-likeness (QED) is 0.294. The van der Waals surface area contributed by atoms with Gasteiger partial charge in [0.05, 0.1) is 12.2 Å². The molecule has 4 heteroatoms. The molecule has 1 heterocycles. The van der Waals surface area contributed by atoms with Crippen molar-refractivity contribution in [2.24, 2.45) is 22.7 Å². The van der Waals surface area contributed by atoms with Crippen molar-refractivity contribution in [2.75, 3.05) is 0 Å². The average Bonchev–Trinajstić information content (AvgIpc) is 3.05. The Bertz CT molecular complexity index is 1120. The second-order valence-electron chi connectivity index (χ2n) is 12.0. The summed E-state index contributed by atoms with van der Waals surface area (Å²) in [6.07, 6.45) is 4.50. The van der Waals surface area contributed by atoms with Crippen LogP contribution in [0.5, 0.6) is 0 Å². The van der Waals surface area contributed by atoms with Gasteiger partial charge < -0.3 is 15.2 Å². The standard InChI is InChI=1S/C18H16N.C13H24O2.Ir/c1-13(2)16-9-8-14-10-11-19-18(17(14)12-16)15-6-4-3-5-7-15;1-12(2)6-5-8-7-13(3,4)11(15)9(8)10(12)14;/h3-6,8-13H,1-2H3;8-11,14-15H,5-7H2,1-4H3;/q-1;;. The van der Waals surface area contributed by atoms with E-state index in [1.807, 2.05) is 24.4 Å². The smallest absolute Gasteiger partial charge is 0.0646 e. The zero-order chi connectivity index (χ0) is 24.7. The molecule has 4 unspecified atom stereocenters. The molecule has 0 bridgehead atoms. The van der Waals surface area contributed by atoms with Crippen LogP contribution in [-0.2, 0) is 20.1 Å². The fraction of sp³-hybridized carbons (Fsp3) is 0.516. The van der Waals surface area contributed by atoms with Crippen molar-refractivity contribution < 1.29 is 30.3 Å². The van der Waals surface area contributed by atoms with Crippen LogP contribution >= 0.6 is 0 Å². The minimum atomic E-state index is -0.340. The zero-order valence-electron chi connectivity index (χ0n) is 21.9. The Hall–Kier alpha value is -1.58. The van der Waals surface area contributed by atoms with Crippen LogP contribution in [0.4, 0.5) is 0 Å². The molecule has 0 spiro atoms. The van der Waals surface area contributed by atoms with E-state index in [4.69, 9.17) is 0 Å². The first-order valence-electron chi connectivity index (χ1n) is 12.7. The van der Waals surface area contributed by atoms with E-state index < -0.39 is 0 Å². The van der Waals surface area contributed by atoms with Gasteiger partial charge >= 0.3 is 0 Å². The maximum absolute atomic E-state index is 10.3. The molecule has 0 aliphatic heterocycles. The zero-order valence-corrected chi connectivity index (χ0v) is 24.3. The Kier molecular flexibility index (Phi) is 8.64. The summed E-state index contributed by atoms with van der Waals surface area (Å²) in [5.74, 6) is 1.15. The van der Waals surface area contributed by atoms with Gasteiger partial charge in [0.2, 0.25) is 0 Å². The summed E-state index contributed by atoms with van der Waals surface area (Å²) in [6, 6.07) is 20.0. The maximum Gasteiger partial charge on any atom is 0.0646 e. The first-order valence-corrected chi connectivity index (χ1v) is 12.7. The molecular weight excluding hydrogens is 611 g/mol.